The van der Waals surface area contributed by atoms with Crippen LogP contribution in [0.3, 0.4) is 0 Å². The van der Waals surface area contributed by atoms with Crippen molar-refractivity contribution in [1.82, 2.24) is 0 Å². The number of alkyl halides is 1. The predicted molar refractivity (Wildman–Crippen MR) is 26.4 cm³/mol. The van der Waals surface area contributed by atoms with Gasteiger partial charge in [-0.15, -0.1) is 0 Å². The SMILES string of the molecule is C=C(N)C1(F)CC1. The van der Waals surface area contributed by atoms with Crippen molar-refractivity contribution in [2.45, 2.75) is 18.5 Å². The van der Waals surface area contributed by atoms with Crippen LogP contribution in [0, 0.1) is 0 Å². The van der Waals surface area contributed by atoms with Crippen LogP contribution >= 0.6 is 0 Å². The first-order valence-corrected chi connectivity index (χ1v) is 2.29. The lowest BCUT2D eigenvalue weighted by atomic mass is 10.3. The molecule has 0 amide bonds. The van der Waals surface area contributed by atoms with Crippen molar-refractivity contribution in [2.24, 2.45) is 5.73 Å². The normalized spacial score (nSPS) is 24.1. The van der Waals surface area contributed by atoms with Gasteiger partial charge < -0.3 is 5.73 Å². The Morgan fingerprint density at radius 2 is 2.14 bits per heavy atom. The Bertz CT molecular complexity index is 105. The number of allylic oxidation sites excluding steroid dienone is 1. The minimum Gasteiger partial charge on any atom is -0.400 e. The Balaban J connectivity index is 2.55. The number of hydrogen-bond acceptors (Lipinski definition) is 1. The fourth-order valence-electron chi connectivity index (χ4n) is 0.431. The van der Waals surface area contributed by atoms with Gasteiger partial charge >= 0.3 is 0 Å². The van der Waals surface area contributed by atoms with Crippen LogP contribution in [-0.2, 0) is 0 Å². The van der Waals surface area contributed by atoms with Crippen molar-refractivity contribution in [3.63, 3.8) is 0 Å². The Morgan fingerprint density at radius 3 is 2.14 bits per heavy atom. The van der Waals surface area contributed by atoms with Crippen LogP contribution in [-0.4, -0.2) is 5.67 Å². The molecule has 0 spiro atoms. The summed E-state index contributed by atoms with van der Waals surface area (Å²) in [6, 6.07) is 0. The summed E-state index contributed by atoms with van der Waals surface area (Å²) in [7, 11) is 0. The summed E-state index contributed by atoms with van der Waals surface area (Å²) in [6.45, 7) is 3.29. The van der Waals surface area contributed by atoms with Crippen LogP contribution in [0.25, 0.3) is 0 Å². The molecule has 1 saturated carbocycles. The zero-order valence-corrected chi connectivity index (χ0v) is 4.08. The van der Waals surface area contributed by atoms with E-state index in [-0.39, 0.29) is 5.70 Å². The van der Waals surface area contributed by atoms with Crippen LogP contribution in [0.4, 0.5) is 4.39 Å². The molecule has 1 rings (SSSR count). The molecule has 0 aromatic carbocycles. The highest BCUT2D eigenvalue weighted by Crippen LogP contribution is 2.43. The smallest absolute Gasteiger partial charge is 0.149 e. The summed E-state index contributed by atoms with van der Waals surface area (Å²) in [5.41, 5.74) is 4.08. The Kier molecular flexibility index (Phi) is 0.659. The van der Waals surface area contributed by atoms with Gasteiger partial charge in [0.25, 0.3) is 0 Å². The Morgan fingerprint density at radius 1 is 1.71 bits per heavy atom. The molecule has 0 aromatic rings. The first kappa shape index (κ1) is 4.62. The number of halogens is 1. The molecule has 0 saturated heterocycles. The fourth-order valence-corrected chi connectivity index (χ4v) is 0.431. The number of nitrogens with two attached hydrogens (primary N) is 1. The fraction of sp³-hybridized carbons (Fsp3) is 0.600. The van der Waals surface area contributed by atoms with Crippen molar-refractivity contribution in [2.75, 3.05) is 0 Å². The van der Waals surface area contributed by atoms with E-state index in [0.29, 0.717) is 12.8 Å². The van der Waals surface area contributed by atoms with Crippen molar-refractivity contribution in [3.8, 4) is 0 Å². The molecule has 40 valence electrons. The highest BCUT2D eigenvalue weighted by molar-refractivity contribution is 5.17. The molecule has 0 radical (unpaired) electrons. The van der Waals surface area contributed by atoms with Crippen LogP contribution < -0.4 is 5.73 Å². The molecule has 0 atom stereocenters. The van der Waals surface area contributed by atoms with Crippen LogP contribution in [0.1, 0.15) is 12.8 Å². The standard InChI is InChI=1S/C5H8FN/c1-4(7)5(6)2-3-5/h1-3,7H2. The van der Waals surface area contributed by atoms with E-state index in [1.54, 1.807) is 0 Å². The average Bonchev–Trinajstić information content (AvgIpc) is 2.21. The van der Waals surface area contributed by atoms with Crippen LogP contribution in [0.2, 0.25) is 0 Å². The Labute approximate surface area is 42.0 Å². The van der Waals surface area contributed by atoms with Gasteiger partial charge in [-0.3, -0.25) is 0 Å². The first-order chi connectivity index (χ1) is 3.15. The third kappa shape index (κ3) is 0.601. The lowest BCUT2D eigenvalue weighted by Crippen LogP contribution is -2.11. The number of rotatable bonds is 1. The second-order valence-corrected chi connectivity index (χ2v) is 1.99. The first-order valence-electron chi connectivity index (χ1n) is 2.29. The van der Waals surface area contributed by atoms with E-state index in [4.69, 9.17) is 5.73 Å². The molecular formula is C5H8FN. The van der Waals surface area contributed by atoms with Gasteiger partial charge in [0, 0.05) is 5.70 Å². The quantitative estimate of drug-likeness (QED) is 0.523. The molecule has 2 heteroatoms. The maximum absolute atomic E-state index is 12.4. The molecule has 0 heterocycles. The maximum atomic E-state index is 12.4. The second kappa shape index (κ2) is 0.997. The summed E-state index contributed by atoms with van der Waals surface area (Å²) in [4.78, 5) is 0. The monoisotopic (exact) mass is 101 g/mol. The average molecular weight is 101 g/mol. The highest BCUT2D eigenvalue weighted by Gasteiger charge is 2.44. The van der Waals surface area contributed by atoms with Gasteiger partial charge in [-0.1, -0.05) is 6.58 Å². The van der Waals surface area contributed by atoms with Crippen molar-refractivity contribution in [1.29, 1.82) is 0 Å². The lowest BCUT2D eigenvalue weighted by Gasteiger charge is -1.98. The van der Waals surface area contributed by atoms with E-state index < -0.39 is 5.67 Å². The molecule has 1 aliphatic rings. The zero-order valence-electron chi connectivity index (χ0n) is 4.08. The molecule has 0 aromatic heterocycles. The topological polar surface area (TPSA) is 26.0 Å². The predicted octanol–water partition coefficient (Wildman–Crippen LogP) is 0.961. The molecule has 0 aliphatic heterocycles. The molecule has 7 heavy (non-hydrogen) atoms. The van der Waals surface area contributed by atoms with E-state index >= 15 is 0 Å². The molecule has 1 fully saturated rings. The third-order valence-corrected chi connectivity index (χ3v) is 1.26. The molecule has 0 bridgehead atoms. The largest absolute Gasteiger partial charge is 0.400 e. The van der Waals surface area contributed by atoms with Gasteiger partial charge in [0.1, 0.15) is 5.67 Å². The van der Waals surface area contributed by atoms with Crippen molar-refractivity contribution < 1.29 is 4.39 Å². The lowest BCUT2D eigenvalue weighted by molar-refractivity contribution is 0.359. The minimum absolute atomic E-state index is 0.188. The van der Waals surface area contributed by atoms with E-state index in [9.17, 15) is 4.39 Å². The summed E-state index contributed by atoms with van der Waals surface area (Å²) < 4.78 is 12.4. The highest BCUT2D eigenvalue weighted by atomic mass is 19.1. The van der Waals surface area contributed by atoms with E-state index in [1.165, 1.54) is 0 Å². The molecule has 0 unspecified atom stereocenters. The van der Waals surface area contributed by atoms with Crippen molar-refractivity contribution >= 4 is 0 Å². The summed E-state index contributed by atoms with van der Waals surface area (Å²) in [5.74, 6) is 0. The van der Waals surface area contributed by atoms with Gasteiger partial charge in [0.15, 0.2) is 0 Å². The maximum Gasteiger partial charge on any atom is 0.149 e. The number of hydrogen-bond donors (Lipinski definition) is 1. The molecule has 1 aliphatic carbocycles. The van der Waals surface area contributed by atoms with Gasteiger partial charge in [0.05, 0.1) is 0 Å². The Hall–Kier alpha value is -0.530. The van der Waals surface area contributed by atoms with Crippen molar-refractivity contribution in [3.05, 3.63) is 12.3 Å². The van der Waals surface area contributed by atoms with Crippen LogP contribution in [0.15, 0.2) is 12.3 Å². The van der Waals surface area contributed by atoms with E-state index in [0.717, 1.165) is 0 Å². The van der Waals surface area contributed by atoms with Gasteiger partial charge in [0.2, 0.25) is 0 Å². The zero-order chi connectivity index (χ0) is 5.49. The molecular weight excluding hydrogens is 93.1 g/mol. The van der Waals surface area contributed by atoms with Crippen LogP contribution in [0.5, 0.6) is 0 Å². The van der Waals surface area contributed by atoms with E-state index in [1.807, 2.05) is 0 Å². The molecule has 1 nitrogen and oxygen atoms in total. The third-order valence-electron chi connectivity index (χ3n) is 1.26. The summed E-state index contributed by atoms with van der Waals surface area (Å²) >= 11 is 0. The second-order valence-electron chi connectivity index (χ2n) is 1.99. The minimum atomic E-state index is -1.17. The van der Waals surface area contributed by atoms with Gasteiger partial charge in [-0.2, -0.15) is 0 Å². The summed E-state index contributed by atoms with van der Waals surface area (Å²) in [6.07, 6.45) is 1.14. The van der Waals surface area contributed by atoms with E-state index in [2.05, 4.69) is 6.58 Å². The summed E-state index contributed by atoms with van der Waals surface area (Å²) in [5, 5.41) is 0. The van der Waals surface area contributed by atoms with Gasteiger partial charge in [-0.25, -0.2) is 4.39 Å². The molecule has 2 N–H and O–H groups in total. The van der Waals surface area contributed by atoms with Gasteiger partial charge in [-0.05, 0) is 12.8 Å².